The van der Waals surface area contributed by atoms with Crippen LogP contribution < -0.4 is 0 Å². The van der Waals surface area contributed by atoms with Crippen molar-refractivity contribution in [2.24, 2.45) is 0 Å². The van der Waals surface area contributed by atoms with Crippen LogP contribution in [0.4, 0.5) is 0 Å². The monoisotopic (exact) mass is 316 g/mol. The first-order valence-corrected chi connectivity index (χ1v) is 8.11. The van der Waals surface area contributed by atoms with Crippen LogP contribution in [0.1, 0.15) is 35.1 Å². The number of carbonyl (C=O) groups excluding carboxylic acids is 1. The number of hydrogen-bond acceptors (Lipinski definition) is 2. The fourth-order valence-corrected chi connectivity index (χ4v) is 2.96. The normalized spacial score (nSPS) is 12.1. The SMILES string of the molecule is O=C(CC(O)c1ccccc1)C(c1ccccc1)c1ccccc1. The fraction of sp³-hybridized carbons (Fsp3) is 0.136. The lowest BCUT2D eigenvalue weighted by Crippen LogP contribution is -2.17. The third kappa shape index (κ3) is 3.79. The summed E-state index contributed by atoms with van der Waals surface area (Å²) >= 11 is 0. The van der Waals surface area contributed by atoms with Crippen molar-refractivity contribution in [1.82, 2.24) is 0 Å². The maximum absolute atomic E-state index is 13.0. The summed E-state index contributed by atoms with van der Waals surface area (Å²) in [5, 5.41) is 10.4. The lowest BCUT2D eigenvalue weighted by molar-refractivity contribution is -0.121. The van der Waals surface area contributed by atoms with Gasteiger partial charge in [-0.2, -0.15) is 0 Å². The fourth-order valence-electron chi connectivity index (χ4n) is 2.96. The first-order chi connectivity index (χ1) is 11.8. The van der Waals surface area contributed by atoms with Crippen molar-refractivity contribution in [3.63, 3.8) is 0 Å². The van der Waals surface area contributed by atoms with Gasteiger partial charge < -0.3 is 5.11 Å². The first-order valence-electron chi connectivity index (χ1n) is 8.11. The summed E-state index contributed by atoms with van der Waals surface area (Å²) in [4.78, 5) is 13.0. The van der Waals surface area contributed by atoms with Gasteiger partial charge in [-0.25, -0.2) is 0 Å². The predicted octanol–water partition coefficient (Wildman–Crippen LogP) is 4.51. The molecule has 0 heterocycles. The third-order valence-electron chi connectivity index (χ3n) is 4.17. The predicted molar refractivity (Wildman–Crippen MR) is 95.8 cm³/mol. The second-order valence-electron chi connectivity index (χ2n) is 5.85. The molecule has 0 amide bonds. The van der Waals surface area contributed by atoms with E-state index in [2.05, 4.69) is 0 Å². The van der Waals surface area contributed by atoms with E-state index in [4.69, 9.17) is 0 Å². The van der Waals surface area contributed by atoms with Crippen molar-refractivity contribution in [2.75, 3.05) is 0 Å². The number of aliphatic hydroxyl groups excluding tert-OH is 1. The molecule has 0 saturated heterocycles. The molecule has 120 valence electrons. The van der Waals surface area contributed by atoms with E-state index >= 15 is 0 Å². The van der Waals surface area contributed by atoms with Gasteiger partial charge in [0.15, 0.2) is 0 Å². The molecule has 3 aromatic rings. The van der Waals surface area contributed by atoms with Crippen LogP contribution >= 0.6 is 0 Å². The lowest BCUT2D eigenvalue weighted by atomic mass is 9.85. The molecule has 1 N–H and O–H groups in total. The van der Waals surface area contributed by atoms with Crippen molar-refractivity contribution in [1.29, 1.82) is 0 Å². The molecule has 24 heavy (non-hydrogen) atoms. The molecule has 0 fully saturated rings. The summed E-state index contributed by atoms with van der Waals surface area (Å²) in [5.74, 6) is -0.338. The number of carbonyl (C=O) groups is 1. The van der Waals surface area contributed by atoms with Gasteiger partial charge in [-0.05, 0) is 16.7 Å². The molecule has 0 radical (unpaired) electrons. The van der Waals surface area contributed by atoms with E-state index in [1.54, 1.807) is 0 Å². The summed E-state index contributed by atoms with van der Waals surface area (Å²) in [6, 6.07) is 28.8. The zero-order valence-corrected chi connectivity index (χ0v) is 13.4. The maximum Gasteiger partial charge on any atom is 0.147 e. The Morgan fingerprint density at radius 1 is 0.667 bits per heavy atom. The van der Waals surface area contributed by atoms with E-state index in [1.807, 2.05) is 91.0 Å². The zero-order chi connectivity index (χ0) is 16.8. The topological polar surface area (TPSA) is 37.3 Å². The molecule has 1 atom stereocenters. The molecule has 0 saturated carbocycles. The molecule has 0 bridgehead atoms. The highest BCUT2D eigenvalue weighted by molar-refractivity contribution is 5.89. The highest BCUT2D eigenvalue weighted by atomic mass is 16.3. The summed E-state index contributed by atoms with van der Waals surface area (Å²) in [6.07, 6.45) is -0.688. The third-order valence-corrected chi connectivity index (χ3v) is 4.17. The minimum atomic E-state index is -0.784. The van der Waals surface area contributed by atoms with Gasteiger partial charge in [0.1, 0.15) is 5.78 Å². The van der Waals surface area contributed by atoms with Gasteiger partial charge in [0, 0.05) is 6.42 Å². The minimum Gasteiger partial charge on any atom is -0.388 e. The Balaban J connectivity index is 1.87. The quantitative estimate of drug-likeness (QED) is 0.726. The number of hydrogen-bond donors (Lipinski definition) is 1. The summed E-state index contributed by atoms with van der Waals surface area (Å²) in [7, 11) is 0. The van der Waals surface area contributed by atoms with Gasteiger partial charge >= 0.3 is 0 Å². The van der Waals surface area contributed by atoms with Gasteiger partial charge in [0.05, 0.1) is 12.0 Å². The Hall–Kier alpha value is -2.71. The number of aliphatic hydroxyl groups is 1. The molecule has 3 rings (SSSR count). The molecule has 0 aliphatic carbocycles. The Kier molecular flexibility index (Phi) is 5.19. The highest BCUT2D eigenvalue weighted by Gasteiger charge is 2.25. The standard InChI is InChI=1S/C22H20O2/c23-20(17-10-4-1-5-11-17)16-21(24)22(18-12-6-2-7-13-18)19-14-8-3-9-15-19/h1-15,20,22-23H,16H2. The molecular formula is C22H20O2. The molecular weight excluding hydrogens is 296 g/mol. The van der Waals surface area contributed by atoms with Crippen LogP contribution in [0.15, 0.2) is 91.0 Å². The van der Waals surface area contributed by atoms with Gasteiger partial charge in [-0.1, -0.05) is 91.0 Å². The average molecular weight is 316 g/mol. The molecule has 3 aromatic carbocycles. The van der Waals surface area contributed by atoms with Crippen LogP contribution in [0.2, 0.25) is 0 Å². The van der Waals surface area contributed by atoms with E-state index in [0.717, 1.165) is 16.7 Å². The van der Waals surface area contributed by atoms with Gasteiger partial charge in [0.2, 0.25) is 0 Å². The molecule has 0 spiro atoms. The van der Waals surface area contributed by atoms with Gasteiger partial charge in [-0.15, -0.1) is 0 Å². The molecule has 2 heteroatoms. The first kappa shape index (κ1) is 16.2. The van der Waals surface area contributed by atoms with E-state index < -0.39 is 6.10 Å². The van der Waals surface area contributed by atoms with Crippen LogP contribution in [0.3, 0.4) is 0 Å². The Morgan fingerprint density at radius 2 is 1.04 bits per heavy atom. The minimum absolute atomic E-state index is 0.0174. The summed E-state index contributed by atoms with van der Waals surface area (Å²) in [5.41, 5.74) is 2.67. The van der Waals surface area contributed by atoms with Crippen molar-refractivity contribution in [3.8, 4) is 0 Å². The molecule has 2 nitrogen and oxygen atoms in total. The number of benzene rings is 3. The second kappa shape index (κ2) is 7.71. The Bertz CT molecular complexity index is 727. The number of ketones is 1. The molecule has 1 unspecified atom stereocenters. The van der Waals surface area contributed by atoms with Crippen molar-refractivity contribution in [2.45, 2.75) is 18.4 Å². The summed E-state index contributed by atoms with van der Waals surface area (Å²) in [6.45, 7) is 0. The van der Waals surface area contributed by atoms with E-state index in [-0.39, 0.29) is 18.1 Å². The van der Waals surface area contributed by atoms with Gasteiger partial charge in [0.25, 0.3) is 0 Å². The van der Waals surface area contributed by atoms with Crippen LogP contribution in [-0.4, -0.2) is 10.9 Å². The van der Waals surface area contributed by atoms with E-state index in [0.29, 0.717) is 0 Å². The van der Waals surface area contributed by atoms with Crippen LogP contribution in [0, 0.1) is 0 Å². The van der Waals surface area contributed by atoms with Crippen LogP contribution in [0.25, 0.3) is 0 Å². The largest absolute Gasteiger partial charge is 0.388 e. The number of Topliss-reactive ketones (excluding diaryl/α,β-unsaturated/α-hetero) is 1. The molecule has 0 aromatic heterocycles. The average Bonchev–Trinajstić information content (AvgIpc) is 2.64. The maximum atomic E-state index is 13.0. The van der Waals surface area contributed by atoms with Gasteiger partial charge in [-0.3, -0.25) is 4.79 Å². The van der Waals surface area contributed by atoms with Crippen molar-refractivity contribution in [3.05, 3.63) is 108 Å². The lowest BCUT2D eigenvalue weighted by Gasteiger charge is -2.19. The smallest absolute Gasteiger partial charge is 0.147 e. The van der Waals surface area contributed by atoms with E-state index in [1.165, 1.54) is 0 Å². The van der Waals surface area contributed by atoms with Crippen molar-refractivity contribution < 1.29 is 9.90 Å². The molecule has 0 aliphatic heterocycles. The second-order valence-corrected chi connectivity index (χ2v) is 5.85. The zero-order valence-electron chi connectivity index (χ0n) is 13.4. The number of rotatable bonds is 6. The van der Waals surface area contributed by atoms with Crippen molar-refractivity contribution >= 4 is 5.78 Å². The van der Waals surface area contributed by atoms with Crippen LogP contribution in [-0.2, 0) is 4.79 Å². The molecule has 0 aliphatic rings. The Morgan fingerprint density at radius 3 is 1.46 bits per heavy atom. The van der Waals surface area contributed by atoms with Crippen LogP contribution in [0.5, 0.6) is 0 Å². The Labute approximate surface area is 142 Å². The summed E-state index contributed by atoms with van der Waals surface area (Å²) < 4.78 is 0. The highest BCUT2D eigenvalue weighted by Crippen LogP contribution is 2.29. The van der Waals surface area contributed by atoms with E-state index in [9.17, 15) is 9.90 Å².